The van der Waals surface area contributed by atoms with E-state index in [1.54, 1.807) is 18.2 Å². The zero-order valence-electron chi connectivity index (χ0n) is 9.86. The highest BCUT2D eigenvalue weighted by atomic mass is 127. The molecule has 2 aromatic rings. The molecule has 2 nitrogen and oxygen atoms in total. The van der Waals surface area contributed by atoms with E-state index < -0.39 is 5.82 Å². The minimum absolute atomic E-state index is 0.189. The molecule has 4 heteroatoms. The van der Waals surface area contributed by atoms with Crippen LogP contribution in [0.3, 0.4) is 0 Å². The monoisotopic (exact) mass is 357 g/mol. The molecule has 0 aliphatic carbocycles. The molecule has 1 atom stereocenters. The zero-order chi connectivity index (χ0) is 13.1. The molecule has 0 fully saturated rings. The van der Waals surface area contributed by atoms with Crippen LogP contribution in [-0.4, -0.2) is 0 Å². The van der Waals surface area contributed by atoms with Gasteiger partial charge in [0.25, 0.3) is 0 Å². The quantitative estimate of drug-likeness (QED) is 0.834. The van der Waals surface area contributed by atoms with Gasteiger partial charge in [-0.25, -0.2) is 4.39 Å². The van der Waals surface area contributed by atoms with Crippen LogP contribution in [-0.2, 0) is 0 Å². The van der Waals surface area contributed by atoms with Crippen molar-refractivity contribution in [1.82, 2.24) is 0 Å². The van der Waals surface area contributed by atoms with Gasteiger partial charge in [0.15, 0.2) is 11.6 Å². The summed E-state index contributed by atoms with van der Waals surface area (Å²) in [4.78, 5) is 0. The van der Waals surface area contributed by atoms with Crippen molar-refractivity contribution in [2.45, 2.75) is 13.0 Å². The summed E-state index contributed by atoms with van der Waals surface area (Å²) in [7, 11) is 0. The lowest BCUT2D eigenvalue weighted by molar-refractivity contribution is 0.439. The Morgan fingerprint density at radius 1 is 1.17 bits per heavy atom. The molecule has 94 valence electrons. The molecule has 0 aliphatic rings. The van der Waals surface area contributed by atoms with Gasteiger partial charge in [0.05, 0.1) is 3.57 Å². The molecular weight excluding hydrogens is 344 g/mol. The largest absolute Gasteiger partial charge is 0.453 e. The van der Waals surface area contributed by atoms with Crippen molar-refractivity contribution in [3.05, 3.63) is 57.4 Å². The van der Waals surface area contributed by atoms with Crippen LogP contribution in [0.4, 0.5) is 4.39 Å². The summed E-state index contributed by atoms with van der Waals surface area (Å²) in [6, 6.07) is 12.1. The van der Waals surface area contributed by atoms with Crippen LogP contribution in [0.1, 0.15) is 18.5 Å². The van der Waals surface area contributed by atoms with E-state index in [9.17, 15) is 4.39 Å². The first-order chi connectivity index (χ1) is 8.58. The Hall–Kier alpha value is -1.14. The second-order valence-corrected chi connectivity index (χ2v) is 5.17. The first kappa shape index (κ1) is 13.3. The number of hydrogen-bond acceptors (Lipinski definition) is 2. The molecule has 2 N–H and O–H groups in total. The number of benzene rings is 2. The molecule has 0 spiro atoms. The summed E-state index contributed by atoms with van der Waals surface area (Å²) in [5, 5.41) is 0. The van der Waals surface area contributed by atoms with Crippen LogP contribution in [0.2, 0.25) is 0 Å². The van der Waals surface area contributed by atoms with E-state index in [-0.39, 0.29) is 11.8 Å². The summed E-state index contributed by atoms with van der Waals surface area (Å²) in [6.07, 6.45) is 0. The van der Waals surface area contributed by atoms with E-state index in [1.165, 1.54) is 6.07 Å². The molecule has 0 saturated heterocycles. The Kier molecular flexibility index (Phi) is 4.19. The van der Waals surface area contributed by atoms with Gasteiger partial charge in [-0.15, -0.1) is 0 Å². The van der Waals surface area contributed by atoms with Crippen molar-refractivity contribution in [3.8, 4) is 11.5 Å². The summed E-state index contributed by atoms with van der Waals surface area (Å²) in [5.74, 6) is 0.457. The van der Waals surface area contributed by atoms with Gasteiger partial charge in [-0.05, 0) is 59.3 Å². The maximum atomic E-state index is 13.8. The van der Waals surface area contributed by atoms with Crippen LogP contribution >= 0.6 is 22.6 Å². The molecule has 0 bridgehead atoms. The Morgan fingerprint density at radius 2 is 1.89 bits per heavy atom. The van der Waals surface area contributed by atoms with Gasteiger partial charge in [0.2, 0.25) is 0 Å². The number of para-hydroxylation sites is 1. The van der Waals surface area contributed by atoms with Gasteiger partial charge in [0, 0.05) is 6.04 Å². The van der Waals surface area contributed by atoms with Gasteiger partial charge >= 0.3 is 0 Å². The molecule has 18 heavy (non-hydrogen) atoms. The highest BCUT2D eigenvalue weighted by Crippen LogP contribution is 2.29. The minimum atomic E-state index is -0.399. The maximum Gasteiger partial charge on any atom is 0.166 e. The number of hydrogen-bond donors (Lipinski definition) is 1. The summed E-state index contributed by atoms with van der Waals surface area (Å²) in [5.41, 5.74) is 6.45. The number of halogens is 2. The molecular formula is C14H13FINO. The van der Waals surface area contributed by atoms with Gasteiger partial charge in [-0.1, -0.05) is 18.2 Å². The molecule has 0 saturated carbocycles. The van der Waals surface area contributed by atoms with E-state index in [2.05, 4.69) is 22.6 Å². The Balaban J connectivity index is 2.28. The molecule has 2 rings (SSSR count). The number of ether oxygens (including phenoxy) is 1. The smallest absolute Gasteiger partial charge is 0.166 e. The van der Waals surface area contributed by atoms with E-state index >= 15 is 0 Å². The lowest BCUT2D eigenvalue weighted by Crippen LogP contribution is -2.05. The van der Waals surface area contributed by atoms with Crippen LogP contribution in [0, 0.1) is 9.39 Å². The Morgan fingerprint density at radius 3 is 2.50 bits per heavy atom. The molecule has 2 aromatic carbocycles. The van der Waals surface area contributed by atoms with Crippen molar-refractivity contribution in [2.75, 3.05) is 0 Å². The normalized spacial score (nSPS) is 12.2. The molecule has 0 amide bonds. The second kappa shape index (κ2) is 5.67. The van der Waals surface area contributed by atoms with Crippen LogP contribution in [0.25, 0.3) is 0 Å². The Labute approximate surface area is 119 Å². The summed E-state index contributed by atoms with van der Waals surface area (Å²) >= 11 is 2.15. The predicted octanol–water partition coefficient (Wildman–Crippen LogP) is 4.24. The fourth-order valence-corrected chi connectivity index (χ4v) is 2.03. The van der Waals surface area contributed by atoms with Crippen molar-refractivity contribution in [3.63, 3.8) is 0 Å². The lowest BCUT2D eigenvalue weighted by Gasteiger charge is -2.11. The van der Waals surface area contributed by atoms with Crippen LogP contribution in [0.5, 0.6) is 11.5 Å². The number of rotatable bonds is 3. The molecule has 0 aromatic heterocycles. The van der Waals surface area contributed by atoms with Gasteiger partial charge in [-0.2, -0.15) is 0 Å². The van der Waals surface area contributed by atoms with Crippen molar-refractivity contribution >= 4 is 22.6 Å². The van der Waals surface area contributed by atoms with E-state index in [1.807, 2.05) is 25.1 Å². The highest BCUT2D eigenvalue weighted by Gasteiger charge is 2.09. The number of nitrogens with two attached hydrogens (primary N) is 1. The van der Waals surface area contributed by atoms with Crippen molar-refractivity contribution in [1.29, 1.82) is 0 Å². The predicted molar refractivity (Wildman–Crippen MR) is 78.2 cm³/mol. The van der Waals surface area contributed by atoms with Crippen molar-refractivity contribution < 1.29 is 9.13 Å². The SMILES string of the molecule is C[C@@H](N)c1ccc(Oc2ccccc2I)c(F)c1. The molecule has 0 radical (unpaired) electrons. The molecule has 0 aliphatic heterocycles. The average molecular weight is 357 g/mol. The first-order valence-electron chi connectivity index (χ1n) is 5.55. The third-order valence-electron chi connectivity index (χ3n) is 2.54. The first-order valence-corrected chi connectivity index (χ1v) is 6.63. The van der Waals surface area contributed by atoms with Gasteiger partial charge in [0.1, 0.15) is 5.75 Å². The average Bonchev–Trinajstić information content (AvgIpc) is 2.34. The fourth-order valence-electron chi connectivity index (χ4n) is 1.53. The Bertz CT molecular complexity index is 557. The third kappa shape index (κ3) is 3.00. The van der Waals surface area contributed by atoms with Gasteiger partial charge in [-0.3, -0.25) is 0 Å². The lowest BCUT2D eigenvalue weighted by atomic mass is 10.1. The van der Waals surface area contributed by atoms with Crippen LogP contribution < -0.4 is 10.5 Å². The third-order valence-corrected chi connectivity index (χ3v) is 3.43. The topological polar surface area (TPSA) is 35.2 Å². The van der Waals surface area contributed by atoms with E-state index in [4.69, 9.17) is 10.5 Å². The van der Waals surface area contributed by atoms with E-state index in [0.29, 0.717) is 5.75 Å². The minimum Gasteiger partial charge on any atom is -0.453 e. The maximum absolute atomic E-state index is 13.8. The van der Waals surface area contributed by atoms with Crippen LogP contribution in [0.15, 0.2) is 42.5 Å². The molecule has 0 heterocycles. The van der Waals surface area contributed by atoms with Crippen molar-refractivity contribution in [2.24, 2.45) is 5.73 Å². The second-order valence-electron chi connectivity index (χ2n) is 4.01. The fraction of sp³-hybridized carbons (Fsp3) is 0.143. The standard InChI is InChI=1S/C14H13FINO/c1-9(17)10-6-7-13(11(15)8-10)18-14-5-3-2-4-12(14)16/h2-9H,17H2,1H3/t9-/m1/s1. The summed E-state index contributed by atoms with van der Waals surface area (Å²) in [6.45, 7) is 1.81. The van der Waals surface area contributed by atoms with Gasteiger partial charge < -0.3 is 10.5 Å². The van der Waals surface area contributed by atoms with E-state index in [0.717, 1.165) is 9.13 Å². The summed E-state index contributed by atoms with van der Waals surface area (Å²) < 4.78 is 20.3. The molecule has 0 unspecified atom stereocenters. The highest BCUT2D eigenvalue weighted by molar-refractivity contribution is 14.1. The zero-order valence-corrected chi connectivity index (χ0v) is 12.0.